The quantitative estimate of drug-likeness (QED) is 0.501. The molecule has 2 N–H and O–H groups in total. The summed E-state index contributed by atoms with van der Waals surface area (Å²) in [7, 11) is 3.80. The Kier molecular flexibility index (Phi) is 8.56. The predicted octanol–water partition coefficient (Wildman–Crippen LogP) is 2.75. The van der Waals surface area contributed by atoms with Gasteiger partial charge in [0.25, 0.3) is 11.8 Å². The largest absolute Gasteiger partial charge is 0.507 e. The fourth-order valence-corrected chi connectivity index (χ4v) is 4.89. The molecular formula is C28H38N4O5. The van der Waals surface area contributed by atoms with Gasteiger partial charge in [-0.05, 0) is 49.2 Å². The zero-order chi connectivity index (χ0) is 26.5. The van der Waals surface area contributed by atoms with Crippen molar-refractivity contribution >= 4 is 11.8 Å². The molecule has 9 heteroatoms. The lowest BCUT2D eigenvalue weighted by Crippen LogP contribution is -2.44. The van der Waals surface area contributed by atoms with Crippen LogP contribution in [0, 0.1) is 0 Å². The van der Waals surface area contributed by atoms with Crippen LogP contribution in [0.4, 0.5) is 0 Å². The van der Waals surface area contributed by atoms with Gasteiger partial charge in [0.2, 0.25) is 0 Å². The molecule has 200 valence electrons. The monoisotopic (exact) mass is 510 g/mol. The van der Waals surface area contributed by atoms with Crippen molar-refractivity contribution in [1.29, 1.82) is 0 Å². The van der Waals surface area contributed by atoms with Gasteiger partial charge in [0, 0.05) is 65.5 Å². The molecule has 9 nitrogen and oxygen atoms in total. The molecule has 0 aromatic heterocycles. The molecule has 0 spiro atoms. The van der Waals surface area contributed by atoms with E-state index in [9.17, 15) is 19.8 Å². The number of phenolic OH excluding ortho intramolecular Hbond substituents is 2. The Balaban J connectivity index is 1.36. The average molecular weight is 511 g/mol. The minimum Gasteiger partial charge on any atom is -0.507 e. The Morgan fingerprint density at radius 1 is 0.973 bits per heavy atom. The van der Waals surface area contributed by atoms with Crippen LogP contribution in [-0.4, -0.2) is 102 Å². The maximum Gasteiger partial charge on any atom is 0.258 e. The molecule has 2 aliphatic heterocycles. The number of piperazine rings is 1. The van der Waals surface area contributed by atoms with Crippen LogP contribution >= 0.6 is 0 Å². The van der Waals surface area contributed by atoms with Crippen LogP contribution in [0.3, 0.4) is 0 Å². The lowest BCUT2D eigenvalue weighted by atomic mass is 10.1. The predicted molar refractivity (Wildman–Crippen MR) is 141 cm³/mol. The first kappa shape index (κ1) is 26.8. The van der Waals surface area contributed by atoms with Gasteiger partial charge in [0.05, 0.1) is 17.7 Å². The maximum atomic E-state index is 13.3. The summed E-state index contributed by atoms with van der Waals surface area (Å²) >= 11 is 0. The molecule has 2 heterocycles. The number of benzene rings is 2. The summed E-state index contributed by atoms with van der Waals surface area (Å²) < 4.78 is 5.99. The van der Waals surface area contributed by atoms with E-state index in [1.54, 1.807) is 11.9 Å². The zero-order valence-electron chi connectivity index (χ0n) is 22.1. The minimum atomic E-state index is -0.396. The highest BCUT2D eigenvalue weighted by Gasteiger charge is 2.28. The number of carbonyl (C=O) groups excluding carboxylic acids is 2. The van der Waals surface area contributed by atoms with E-state index in [1.807, 2.05) is 25.1 Å². The number of amides is 2. The van der Waals surface area contributed by atoms with Crippen LogP contribution in [0.15, 0.2) is 30.3 Å². The lowest BCUT2D eigenvalue weighted by molar-refractivity contribution is 0.0748. The molecule has 37 heavy (non-hydrogen) atoms. The van der Waals surface area contributed by atoms with Gasteiger partial charge in [0.15, 0.2) is 0 Å². The van der Waals surface area contributed by atoms with Crippen molar-refractivity contribution in [2.45, 2.75) is 32.9 Å². The Bertz CT molecular complexity index is 1130. The topological polar surface area (TPSA) is 96.8 Å². The number of likely N-dealkylation sites (N-methyl/N-ethyl adjacent to an activating group) is 1. The second-order valence-electron chi connectivity index (χ2n) is 10.1. The van der Waals surface area contributed by atoms with Gasteiger partial charge in [-0.15, -0.1) is 0 Å². The third-order valence-corrected chi connectivity index (χ3v) is 7.15. The number of hydrogen-bond acceptors (Lipinski definition) is 7. The van der Waals surface area contributed by atoms with E-state index >= 15 is 0 Å². The average Bonchev–Trinajstić information content (AvgIpc) is 3.31. The Labute approximate surface area is 218 Å². The third-order valence-electron chi connectivity index (χ3n) is 7.15. The van der Waals surface area contributed by atoms with Gasteiger partial charge in [-0.2, -0.15) is 0 Å². The number of aromatic hydroxyl groups is 2. The van der Waals surface area contributed by atoms with Crippen molar-refractivity contribution in [1.82, 2.24) is 19.6 Å². The number of hydrogen-bond donors (Lipinski definition) is 2. The van der Waals surface area contributed by atoms with Gasteiger partial charge in [-0.3, -0.25) is 9.59 Å². The molecule has 0 atom stereocenters. The highest BCUT2D eigenvalue weighted by Crippen LogP contribution is 2.33. The Hall–Kier alpha value is -3.30. The first-order chi connectivity index (χ1) is 17.8. The molecule has 4 rings (SSSR count). The maximum absolute atomic E-state index is 13.3. The minimum absolute atomic E-state index is 0.000709. The lowest BCUT2D eigenvalue weighted by Gasteiger charge is -2.32. The molecule has 0 aliphatic carbocycles. The Morgan fingerprint density at radius 2 is 1.68 bits per heavy atom. The standard InChI is InChI=1S/C28H38N4O5/c1-4-8-30(3)27(35)23-16-24(26(34)17-25(23)33)28(36)32-18-20-6-7-22(15-21(20)19-32)37-14-5-9-31-12-10-29(2)11-13-31/h6-7,15-17,33-34H,4-5,8-14,18-19H2,1-3H3. The summed E-state index contributed by atoms with van der Waals surface area (Å²) in [4.78, 5) is 34.0. The Morgan fingerprint density at radius 3 is 2.41 bits per heavy atom. The van der Waals surface area contributed by atoms with E-state index in [-0.39, 0.29) is 22.6 Å². The van der Waals surface area contributed by atoms with Crippen molar-refractivity contribution in [3.05, 3.63) is 52.6 Å². The van der Waals surface area contributed by atoms with Crippen molar-refractivity contribution in [3.63, 3.8) is 0 Å². The summed E-state index contributed by atoms with van der Waals surface area (Å²) in [6, 6.07) is 8.24. The molecule has 1 fully saturated rings. The SMILES string of the molecule is CCCN(C)C(=O)c1cc(C(=O)N2Cc3ccc(OCCCN4CCN(C)CC4)cc3C2)c(O)cc1O. The van der Waals surface area contributed by atoms with Gasteiger partial charge in [0.1, 0.15) is 17.2 Å². The molecule has 0 radical (unpaired) electrons. The number of nitrogens with zero attached hydrogens (tertiary/aromatic N) is 4. The summed E-state index contributed by atoms with van der Waals surface area (Å²) in [5.74, 6) is -0.701. The molecule has 1 saturated heterocycles. The second kappa shape index (κ2) is 11.8. The molecule has 0 saturated carbocycles. The first-order valence-electron chi connectivity index (χ1n) is 13.0. The van der Waals surface area contributed by atoms with Crippen LogP contribution in [-0.2, 0) is 13.1 Å². The van der Waals surface area contributed by atoms with Crippen molar-refractivity contribution in [3.8, 4) is 17.2 Å². The summed E-state index contributed by atoms with van der Waals surface area (Å²) in [5, 5.41) is 20.6. The first-order valence-corrected chi connectivity index (χ1v) is 13.0. The van der Waals surface area contributed by atoms with Gasteiger partial charge < -0.3 is 34.5 Å². The molecule has 0 unspecified atom stereocenters. The van der Waals surface area contributed by atoms with E-state index in [0.29, 0.717) is 26.2 Å². The molecule has 2 aromatic rings. The molecule has 0 bridgehead atoms. The van der Waals surface area contributed by atoms with E-state index in [2.05, 4.69) is 16.8 Å². The third kappa shape index (κ3) is 6.34. The van der Waals surface area contributed by atoms with Gasteiger partial charge in [-0.1, -0.05) is 13.0 Å². The number of phenols is 2. The van der Waals surface area contributed by atoms with Crippen molar-refractivity contribution in [2.75, 3.05) is 60.0 Å². The molecule has 2 aliphatic rings. The fourth-order valence-electron chi connectivity index (χ4n) is 4.89. The summed E-state index contributed by atoms with van der Waals surface area (Å²) in [6.07, 6.45) is 1.72. The highest BCUT2D eigenvalue weighted by molar-refractivity contribution is 6.03. The van der Waals surface area contributed by atoms with Crippen LogP contribution < -0.4 is 4.74 Å². The van der Waals surface area contributed by atoms with Crippen LogP contribution in [0.1, 0.15) is 51.6 Å². The van der Waals surface area contributed by atoms with E-state index in [1.165, 1.54) is 11.0 Å². The van der Waals surface area contributed by atoms with Crippen molar-refractivity contribution < 1.29 is 24.5 Å². The van der Waals surface area contributed by atoms with Crippen LogP contribution in [0.25, 0.3) is 0 Å². The second-order valence-corrected chi connectivity index (χ2v) is 10.1. The normalized spacial score (nSPS) is 16.0. The summed E-state index contributed by atoms with van der Waals surface area (Å²) in [5.41, 5.74) is 2.03. The molecule has 2 aromatic carbocycles. The molecular weight excluding hydrogens is 472 g/mol. The van der Waals surface area contributed by atoms with Gasteiger partial charge >= 0.3 is 0 Å². The van der Waals surface area contributed by atoms with E-state index < -0.39 is 11.8 Å². The van der Waals surface area contributed by atoms with Crippen molar-refractivity contribution in [2.24, 2.45) is 0 Å². The van der Waals surface area contributed by atoms with E-state index in [4.69, 9.17) is 4.74 Å². The van der Waals surface area contributed by atoms with Gasteiger partial charge in [-0.25, -0.2) is 0 Å². The molecule has 2 amide bonds. The van der Waals surface area contributed by atoms with Crippen LogP contribution in [0.5, 0.6) is 17.2 Å². The van der Waals surface area contributed by atoms with E-state index in [0.717, 1.165) is 68.5 Å². The van der Waals surface area contributed by atoms with Crippen LogP contribution in [0.2, 0.25) is 0 Å². The fraction of sp³-hybridized carbons (Fsp3) is 0.500. The number of rotatable bonds is 9. The zero-order valence-corrected chi connectivity index (χ0v) is 22.1. The number of fused-ring (bicyclic) bond motifs is 1. The number of ether oxygens (including phenoxy) is 1. The smallest absolute Gasteiger partial charge is 0.258 e. The summed E-state index contributed by atoms with van der Waals surface area (Å²) in [6.45, 7) is 9.32. The highest BCUT2D eigenvalue weighted by atomic mass is 16.5. The number of carbonyl (C=O) groups is 2.